The van der Waals surface area contributed by atoms with Crippen molar-refractivity contribution in [2.24, 2.45) is 11.7 Å². The fourth-order valence-corrected chi connectivity index (χ4v) is 4.16. The van der Waals surface area contributed by atoms with E-state index in [0.717, 1.165) is 28.1 Å². The van der Waals surface area contributed by atoms with Crippen molar-refractivity contribution in [2.75, 3.05) is 6.54 Å². The van der Waals surface area contributed by atoms with E-state index in [-0.39, 0.29) is 5.91 Å². The van der Waals surface area contributed by atoms with Gasteiger partial charge < -0.3 is 15.4 Å². The third-order valence-corrected chi connectivity index (χ3v) is 6.13. The lowest BCUT2D eigenvalue weighted by molar-refractivity contribution is -0.128. The lowest BCUT2D eigenvalue weighted by atomic mass is 10.0. The Bertz CT molecular complexity index is 1200. The number of benzene rings is 2. The molecule has 176 valence electrons. The molecule has 1 aromatic heterocycles. The molecular weight excluding hydrogens is 428 g/mol. The number of nitrogens with two attached hydrogens (primary N) is 1. The molecule has 3 aromatic rings. The van der Waals surface area contributed by atoms with Crippen LogP contribution in [0.2, 0.25) is 0 Å². The molecule has 0 saturated carbocycles. The van der Waals surface area contributed by atoms with Gasteiger partial charge in [-0.25, -0.2) is 0 Å². The molecule has 7 heteroatoms. The standard InChI is InChI=1S/C27H30N4O3/c1-16(2)23-9-10-24(30-29-23)19-5-7-21(8-6-19)34-25-13-20(27(28)33)12-18(4)22(25)15-31-14-17(3)11-26(31)32/h5-10,12-13,16-17H,11,14-15H2,1-4H3,(H2,28,33). The summed E-state index contributed by atoms with van der Waals surface area (Å²) in [6.45, 7) is 9.28. The van der Waals surface area contributed by atoms with E-state index in [9.17, 15) is 9.59 Å². The highest BCUT2D eigenvalue weighted by molar-refractivity contribution is 5.93. The summed E-state index contributed by atoms with van der Waals surface area (Å²) in [5.74, 6) is 1.39. The number of carbonyl (C=O) groups excluding carboxylic acids is 2. The minimum atomic E-state index is -0.524. The maximum Gasteiger partial charge on any atom is 0.248 e. The Morgan fingerprint density at radius 1 is 1.15 bits per heavy atom. The summed E-state index contributed by atoms with van der Waals surface area (Å²) in [6, 6.07) is 14.9. The molecule has 1 aliphatic rings. The Morgan fingerprint density at radius 3 is 2.44 bits per heavy atom. The van der Waals surface area contributed by atoms with E-state index in [1.165, 1.54) is 0 Å². The van der Waals surface area contributed by atoms with Crippen LogP contribution < -0.4 is 10.5 Å². The first-order valence-electron chi connectivity index (χ1n) is 11.5. The predicted octanol–water partition coefficient (Wildman–Crippen LogP) is 4.84. The van der Waals surface area contributed by atoms with E-state index in [1.807, 2.05) is 48.2 Å². The van der Waals surface area contributed by atoms with Crippen LogP contribution in [0.4, 0.5) is 0 Å². The minimum absolute atomic E-state index is 0.130. The average Bonchev–Trinajstić information content (AvgIpc) is 3.12. The van der Waals surface area contributed by atoms with Crippen LogP contribution in [-0.2, 0) is 11.3 Å². The van der Waals surface area contributed by atoms with Crippen LogP contribution in [0.25, 0.3) is 11.3 Å². The molecule has 0 spiro atoms. The van der Waals surface area contributed by atoms with Gasteiger partial charge in [0.1, 0.15) is 11.5 Å². The fraction of sp³-hybridized carbons (Fsp3) is 0.333. The summed E-state index contributed by atoms with van der Waals surface area (Å²) >= 11 is 0. The Labute approximate surface area is 199 Å². The van der Waals surface area contributed by atoms with Crippen molar-refractivity contribution in [3.05, 3.63) is 70.9 Å². The van der Waals surface area contributed by atoms with E-state index in [0.29, 0.717) is 48.4 Å². The first-order valence-corrected chi connectivity index (χ1v) is 11.5. The van der Waals surface area contributed by atoms with Gasteiger partial charge in [0.25, 0.3) is 0 Å². The number of aromatic nitrogens is 2. The van der Waals surface area contributed by atoms with Crippen LogP contribution in [0.1, 0.15) is 60.3 Å². The molecule has 2 amide bonds. The molecule has 1 aliphatic heterocycles. The maximum absolute atomic E-state index is 12.4. The van der Waals surface area contributed by atoms with Gasteiger partial charge in [-0.15, -0.1) is 0 Å². The van der Waals surface area contributed by atoms with Gasteiger partial charge >= 0.3 is 0 Å². The Hall–Kier alpha value is -3.74. The molecule has 4 rings (SSSR count). The quantitative estimate of drug-likeness (QED) is 0.546. The van der Waals surface area contributed by atoms with Crippen molar-refractivity contribution in [2.45, 2.75) is 46.6 Å². The van der Waals surface area contributed by atoms with Gasteiger partial charge in [-0.1, -0.05) is 20.8 Å². The zero-order chi connectivity index (χ0) is 24.4. The SMILES string of the molecule is Cc1cc(C(N)=O)cc(Oc2ccc(-c3ccc(C(C)C)nn3)cc2)c1CN1CC(C)CC1=O. The molecule has 1 fully saturated rings. The highest BCUT2D eigenvalue weighted by atomic mass is 16.5. The highest BCUT2D eigenvalue weighted by Gasteiger charge is 2.28. The Balaban J connectivity index is 1.60. The van der Waals surface area contributed by atoms with E-state index in [2.05, 4.69) is 31.0 Å². The number of rotatable bonds is 7. The number of likely N-dealkylation sites (tertiary alicyclic amines) is 1. The summed E-state index contributed by atoms with van der Waals surface area (Å²) in [4.78, 5) is 26.1. The second kappa shape index (κ2) is 9.63. The van der Waals surface area contributed by atoms with Crippen molar-refractivity contribution >= 4 is 11.8 Å². The first-order chi connectivity index (χ1) is 16.2. The van der Waals surface area contributed by atoms with Crippen molar-refractivity contribution in [3.8, 4) is 22.8 Å². The van der Waals surface area contributed by atoms with E-state index >= 15 is 0 Å². The van der Waals surface area contributed by atoms with Crippen LogP contribution in [0, 0.1) is 12.8 Å². The smallest absolute Gasteiger partial charge is 0.248 e. The highest BCUT2D eigenvalue weighted by Crippen LogP contribution is 2.33. The van der Waals surface area contributed by atoms with Gasteiger partial charge in [0.05, 0.1) is 11.4 Å². The number of aryl methyl sites for hydroxylation is 1. The molecule has 0 bridgehead atoms. The third-order valence-electron chi connectivity index (χ3n) is 6.13. The number of primary amides is 1. The van der Waals surface area contributed by atoms with Crippen LogP contribution in [0.5, 0.6) is 11.5 Å². The number of hydrogen-bond acceptors (Lipinski definition) is 5. The normalized spacial score (nSPS) is 15.7. The molecule has 2 heterocycles. The fourth-order valence-electron chi connectivity index (χ4n) is 4.16. The Morgan fingerprint density at radius 2 is 1.88 bits per heavy atom. The summed E-state index contributed by atoms with van der Waals surface area (Å²) in [5.41, 5.74) is 10.3. The van der Waals surface area contributed by atoms with Crippen molar-refractivity contribution in [1.29, 1.82) is 0 Å². The number of ether oxygens (including phenoxy) is 1. The lowest BCUT2D eigenvalue weighted by Crippen LogP contribution is -2.25. The number of hydrogen-bond donors (Lipinski definition) is 1. The first kappa shape index (κ1) is 23.4. The molecule has 0 radical (unpaired) electrons. The largest absolute Gasteiger partial charge is 0.457 e. The lowest BCUT2D eigenvalue weighted by Gasteiger charge is -2.21. The van der Waals surface area contributed by atoms with Crippen LogP contribution >= 0.6 is 0 Å². The zero-order valence-corrected chi connectivity index (χ0v) is 20.0. The molecule has 34 heavy (non-hydrogen) atoms. The van der Waals surface area contributed by atoms with E-state index in [4.69, 9.17) is 10.5 Å². The number of amides is 2. The van der Waals surface area contributed by atoms with Gasteiger partial charge in [-0.05, 0) is 72.9 Å². The van der Waals surface area contributed by atoms with Crippen molar-refractivity contribution in [3.63, 3.8) is 0 Å². The second-order valence-corrected chi connectivity index (χ2v) is 9.34. The second-order valence-electron chi connectivity index (χ2n) is 9.34. The molecule has 2 N–H and O–H groups in total. The molecule has 1 saturated heterocycles. The van der Waals surface area contributed by atoms with E-state index in [1.54, 1.807) is 12.1 Å². The van der Waals surface area contributed by atoms with E-state index < -0.39 is 5.91 Å². The molecular formula is C27H30N4O3. The maximum atomic E-state index is 12.4. The Kier molecular flexibility index (Phi) is 6.63. The minimum Gasteiger partial charge on any atom is -0.457 e. The summed E-state index contributed by atoms with van der Waals surface area (Å²) in [6.07, 6.45) is 0.553. The number of carbonyl (C=O) groups is 2. The van der Waals surface area contributed by atoms with Crippen molar-refractivity contribution < 1.29 is 14.3 Å². The van der Waals surface area contributed by atoms with Gasteiger partial charge in [0.2, 0.25) is 11.8 Å². The summed E-state index contributed by atoms with van der Waals surface area (Å²) in [5, 5.41) is 8.63. The topological polar surface area (TPSA) is 98.4 Å². The van der Waals surface area contributed by atoms with Gasteiger partial charge in [0.15, 0.2) is 0 Å². The van der Waals surface area contributed by atoms with Crippen LogP contribution in [-0.4, -0.2) is 33.5 Å². The van der Waals surface area contributed by atoms with Crippen LogP contribution in [0.15, 0.2) is 48.5 Å². The molecule has 2 aromatic carbocycles. The van der Waals surface area contributed by atoms with Gasteiger partial charge in [-0.2, -0.15) is 10.2 Å². The average molecular weight is 459 g/mol. The predicted molar refractivity (Wildman–Crippen MR) is 131 cm³/mol. The molecule has 1 unspecified atom stereocenters. The summed E-state index contributed by atoms with van der Waals surface area (Å²) < 4.78 is 6.21. The molecule has 7 nitrogen and oxygen atoms in total. The molecule has 0 aliphatic carbocycles. The van der Waals surface area contributed by atoms with Crippen LogP contribution in [0.3, 0.4) is 0 Å². The zero-order valence-electron chi connectivity index (χ0n) is 20.0. The van der Waals surface area contributed by atoms with Crippen molar-refractivity contribution in [1.82, 2.24) is 15.1 Å². The molecule has 1 atom stereocenters. The van der Waals surface area contributed by atoms with Gasteiger partial charge in [0, 0.05) is 36.2 Å². The van der Waals surface area contributed by atoms with Gasteiger partial charge in [-0.3, -0.25) is 9.59 Å². The third kappa shape index (κ3) is 5.09. The summed E-state index contributed by atoms with van der Waals surface area (Å²) in [7, 11) is 0. The monoisotopic (exact) mass is 458 g/mol. The number of nitrogens with zero attached hydrogens (tertiary/aromatic N) is 3.